The molecule has 10 aliphatic rings. The Bertz CT molecular complexity index is 3610. The van der Waals surface area contributed by atoms with Crippen molar-refractivity contribution in [3.8, 4) is 0 Å². The van der Waals surface area contributed by atoms with Crippen LogP contribution in [0.5, 0.6) is 0 Å². The number of nitrogens with zero attached hydrogens (tertiary/aromatic N) is 3. The molecule has 8 aromatic carbocycles. The molecule has 4 bridgehead atoms. The van der Waals surface area contributed by atoms with E-state index in [0.717, 1.165) is 84.0 Å². The van der Waals surface area contributed by atoms with E-state index in [-0.39, 0.29) is 82.8 Å². The molecular weight excluding hydrogens is 1170 g/mol. The minimum atomic E-state index is -0.303. The number of quaternary nitrogens is 1. The lowest BCUT2D eigenvalue weighted by Crippen LogP contribution is -3.00. The van der Waals surface area contributed by atoms with Gasteiger partial charge in [0.25, 0.3) is 0 Å². The van der Waals surface area contributed by atoms with Crippen molar-refractivity contribution < 1.29 is 47.0 Å². The Morgan fingerprint density at radius 3 is 1.20 bits per heavy atom. The van der Waals surface area contributed by atoms with Gasteiger partial charge in [0, 0.05) is 61.4 Å². The molecule has 18 rings (SSSR count). The van der Waals surface area contributed by atoms with Crippen LogP contribution in [0.1, 0.15) is 136 Å². The summed E-state index contributed by atoms with van der Waals surface area (Å²) >= 11 is 5.83. The van der Waals surface area contributed by atoms with Gasteiger partial charge in [0.1, 0.15) is 12.6 Å². The molecular formula is C80H87Cl2N3O6. The van der Waals surface area contributed by atoms with Gasteiger partial charge < -0.3 is 37.9 Å². The van der Waals surface area contributed by atoms with Crippen LogP contribution in [0.25, 0.3) is 0 Å². The highest BCUT2D eigenvalue weighted by Crippen LogP contribution is 2.48. The SMILES string of the molecule is O.O=C(C1CCc2ccccc2C1c1ccccc1)N1CCc2ccccc2C1c1ccccc1.O=C(C1CCc2ccccc2C1c1ccccc1)[N+]12CCC(CC1)C(O)C2.O=C(Cl)C1CCc2ccccc2C1c1ccccc1.OC1CN2CCC1CC2.[Cl-]. The average molecular weight is 1260 g/mol. The smallest absolute Gasteiger partial charge is 0.317 e. The molecule has 7 aliphatic heterocycles. The first-order valence-corrected chi connectivity index (χ1v) is 33.5. The lowest BCUT2D eigenvalue weighted by molar-refractivity contribution is -0.877. The second-order valence-corrected chi connectivity index (χ2v) is 26.9. The van der Waals surface area contributed by atoms with Gasteiger partial charge in [-0.2, -0.15) is 0 Å². The topological polar surface area (TPSA) is 130 Å². The number of fused-ring (bicyclic) bond motifs is 10. The van der Waals surface area contributed by atoms with Gasteiger partial charge in [0.2, 0.25) is 11.1 Å². The number of hydrogen-bond donors (Lipinski definition) is 2. The predicted molar refractivity (Wildman–Crippen MR) is 358 cm³/mol. The zero-order valence-electron chi connectivity index (χ0n) is 52.1. The molecule has 6 fully saturated rings. The van der Waals surface area contributed by atoms with Crippen LogP contribution in [0.3, 0.4) is 0 Å². The zero-order chi connectivity index (χ0) is 60.8. The number of aryl methyl sites for hydroxylation is 3. The Morgan fingerprint density at radius 2 is 0.780 bits per heavy atom. The van der Waals surface area contributed by atoms with E-state index in [4.69, 9.17) is 11.6 Å². The molecule has 8 aromatic rings. The van der Waals surface area contributed by atoms with Crippen molar-refractivity contribution in [2.24, 2.45) is 29.6 Å². The van der Waals surface area contributed by atoms with E-state index in [9.17, 15) is 24.6 Å². The summed E-state index contributed by atoms with van der Waals surface area (Å²) in [5.41, 5.74) is 15.4. The number of aliphatic hydroxyl groups excluding tert-OH is 2. The third-order valence-electron chi connectivity index (χ3n) is 21.7. The van der Waals surface area contributed by atoms with E-state index < -0.39 is 0 Å². The Balaban J connectivity index is 0.000000133. The summed E-state index contributed by atoms with van der Waals surface area (Å²) in [5.74, 6) is 1.85. The van der Waals surface area contributed by atoms with Crippen LogP contribution >= 0.6 is 11.6 Å². The van der Waals surface area contributed by atoms with Crippen molar-refractivity contribution in [1.29, 1.82) is 0 Å². The van der Waals surface area contributed by atoms with Crippen LogP contribution in [0.2, 0.25) is 0 Å². The Hall–Kier alpha value is -7.05. The number of hydrogen-bond acceptors (Lipinski definition) is 6. The summed E-state index contributed by atoms with van der Waals surface area (Å²) in [7, 11) is 0. The van der Waals surface area contributed by atoms with E-state index >= 15 is 0 Å². The van der Waals surface area contributed by atoms with Gasteiger partial charge in [-0.15, -0.1) is 0 Å². The zero-order valence-corrected chi connectivity index (χ0v) is 53.6. The quantitative estimate of drug-likeness (QED) is 0.121. The molecule has 0 aromatic heterocycles. The largest absolute Gasteiger partial charge is 1.00 e. The molecule has 0 spiro atoms. The number of carbonyl (C=O) groups is 3. The molecule has 9 atom stereocenters. The van der Waals surface area contributed by atoms with Crippen LogP contribution in [0.4, 0.5) is 0 Å². The average Bonchev–Trinajstić information content (AvgIpc) is 0.902. The van der Waals surface area contributed by atoms with E-state index in [1.807, 2.05) is 36.4 Å². The Morgan fingerprint density at radius 1 is 0.407 bits per heavy atom. The summed E-state index contributed by atoms with van der Waals surface area (Å²) in [4.78, 5) is 44.7. The van der Waals surface area contributed by atoms with Gasteiger partial charge in [-0.3, -0.25) is 14.1 Å². The highest BCUT2D eigenvalue weighted by molar-refractivity contribution is 6.64. The fraction of sp³-hybridized carbons (Fsp3) is 0.362. The van der Waals surface area contributed by atoms with Gasteiger partial charge in [0.15, 0.2) is 0 Å². The molecule has 6 saturated heterocycles. The van der Waals surface area contributed by atoms with Crippen molar-refractivity contribution in [3.05, 3.63) is 285 Å². The third kappa shape index (κ3) is 13.9. The fourth-order valence-electron chi connectivity index (χ4n) is 17.0. The fourth-order valence-corrected chi connectivity index (χ4v) is 17.3. The molecule has 4 N–H and O–H groups in total. The third-order valence-corrected chi connectivity index (χ3v) is 21.9. The number of halogens is 2. The van der Waals surface area contributed by atoms with Crippen molar-refractivity contribution >= 4 is 28.7 Å². The maximum Gasteiger partial charge on any atom is 0.317 e. The normalized spacial score (nSPS) is 27.8. The van der Waals surface area contributed by atoms with Gasteiger partial charge >= 0.3 is 5.91 Å². The van der Waals surface area contributed by atoms with Crippen LogP contribution < -0.4 is 12.4 Å². The summed E-state index contributed by atoms with van der Waals surface area (Å²) < 4.78 is 0.508. The van der Waals surface area contributed by atoms with Crippen molar-refractivity contribution in [2.45, 2.75) is 107 Å². The lowest BCUT2D eigenvalue weighted by atomic mass is 9.70. The first-order chi connectivity index (χ1) is 43.6. The number of carbonyl (C=O) groups excluding carboxylic acids is 3. The first kappa shape index (κ1) is 65.4. The number of piperidine rings is 6. The van der Waals surface area contributed by atoms with Crippen LogP contribution in [0, 0.1) is 29.6 Å². The highest BCUT2D eigenvalue weighted by atomic mass is 35.5. The summed E-state index contributed by atoms with van der Waals surface area (Å²) in [6, 6.07) is 76.2. The van der Waals surface area contributed by atoms with Gasteiger partial charge in [-0.25, -0.2) is 4.79 Å². The lowest BCUT2D eigenvalue weighted by Gasteiger charge is -2.51. The number of rotatable bonds is 7. The highest BCUT2D eigenvalue weighted by Gasteiger charge is 2.54. The maximum absolute atomic E-state index is 14.5. The molecule has 7 heterocycles. The van der Waals surface area contributed by atoms with Crippen LogP contribution in [-0.4, -0.2) is 105 Å². The number of benzene rings is 8. The van der Waals surface area contributed by atoms with Crippen molar-refractivity contribution in [3.63, 3.8) is 0 Å². The molecule has 472 valence electrons. The Kier molecular flexibility index (Phi) is 21.4. The summed E-state index contributed by atoms with van der Waals surface area (Å²) in [6.07, 6.45) is 10.5. The molecule has 0 radical (unpaired) electrons. The second kappa shape index (κ2) is 29.7. The molecule has 0 saturated carbocycles. The van der Waals surface area contributed by atoms with E-state index in [2.05, 4.69) is 192 Å². The van der Waals surface area contributed by atoms with Gasteiger partial charge in [-0.05, 0) is 155 Å². The minimum absolute atomic E-state index is 0. The Labute approximate surface area is 549 Å². The molecule has 9 nitrogen and oxygen atoms in total. The summed E-state index contributed by atoms with van der Waals surface area (Å²) in [6.45, 7) is 6.60. The first-order valence-electron chi connectivity index (χ1n) is 33.1. The van der Waals surface area contributed by atoms with Gasteiger partial charge in [-0.1, -0.05) is 218 Å². The van der Waals surface area contributed by atoms with E-state index in [0.29, 0.717) is 28.8 Å². The number of amides is 2. The van der Waals surface area contributed by atoms with Crippen molar-refractivity contribution in [2.75, 3.05) is 45.8 Å². The predicted octanol–water partition coefficient (Wildman–Crippen LogP) is 10.5. The second-order valence-electron chi connectivity index (χ2n) is 26.5. The molecule has 91 heavy (non-hydrogen) atoms. The molecule has 11 heteroatoms. The van der Waals surface area contributed by atoms with Crippen LogP contribution in [-0.2, 0) is 40.1 Å². The van der Waals surface area contributed by atoms with E-state index in [1.165, 1.54) is 92.7 Å². The minimum Gasteiger partial charge on any atom is -1.00 e. The monoisotopic (exact) mass is 1260 g/mol. The molecule has 3 aliphatic carbocycles. The van der Waals surface area contributed by atoms with Crippen LogP contribution in [0.15, 0.2) is 218 Å². The number of aliphatic hydroxyl groups is 2. The molecule has 9 unspecified atom stereocenters. The molecule has 2 amide bonds. The summed E-state index contributed by atoms with van der Waals surface area (Å²) in [5, 5.41) is 19.6. The standard InChI is InChI=1S/C32H29NO.C24H28NO2.C17H15ClO.C7H13NO.ClH.H2O/c34-32(29-20-19-23-11-7-9-17-27(23)30(29)25-13-3-1-4-14-25)33-22-21-24-12-8-10-18-28(24)31(33)26-15-5-2-6-16-26;26-22-16-25(14-12-18(22)13-15-25)24(27)21-11-10-17-6-4-5-9-20(17)23(21)19-7-2-1-3-8-19;18-17(19)15-11-10-12-6-4-5-9-14(12)16(15)13-7-2-1-3-8-13;9-7-5-8-3-1-6(7)2-4-8;;/h1-18,29-31H,19-22H2;1-9,18,21-23,26H,10-16H2;1-9,15-16H,10-11H2;6-7,9H,1-5H2;1H;1H2/q;+1;;;;/p-1. The van der Waals surface area contributed by atoms with E-state index in [1.54, 1.807) is 0 Å². The van der Waals surface area contributed by atoms with Gasteiger partial charge in [0.05, 0.1) is 31.2 Å². The maximum atomic E-state index is 14.5. The van der Waals surface area contributed by atoms with Crippen molar-refractivity contribution in [1.82, 2.24) is 9.80 Å².